The number of benzene rings is 3. The van der Waals surface area contributed by atoms with E-state index in [0.29, 0.717) is 0 Å². The first-order chi connectivity index (χ1) is 15.2. The van der Waals surface area contributed by atoms with Gasteiger partial charge < -0.3 is 19.3 Å². The molecule has 4 heteroatoms. The zero-order valence-electron chi connectivity index (χ0n) is 18.7. The van der Waals surface area contributed by atoms with Gasteiger partial charge in [-0.05, 0) is 49.2 Å². The lowest BCUT2D eigenvalue weighted by Crippen LogP contribution is -2.34. The summed E-state index contributed by atoms with van der Waals surface area (Å²) in [4.78, 5) is 4.90. The summed E-state index contributed by atoms with van der Waals surface area (Å²) in [7, 11) is 3.52. The monoisotopic (exact) mass is 413 g/mol. The molecule has 0 fully saturated rings. The molecule has 1 radical (unpaired) electrons. The highest BCUT2D eigenvalue weighted by molar-refractivity contribution is 5.97. The molecule has 0 unspecified atom stereocenters. The molecule has 0 aromatic heterocycles. The van der Waals surface area contributed by atoms with Crippen molar-refractivity contribution in [2.24, 2.45) is 0 Å². The smallest absolute Gasteiger partial charge is 0.125 e. The van der Waals surface area contributed by atoms with Crippen molar-refractivity contribution >= 4 is 22.7 Å². The van der Waals surface area contributed by atoms with E-state index in [-0.39, 0.29) is 0 Å². The molecule has 0 amide bonds. The van der Waals surface area contributed by atoms with Crippen LogP contribution in [0.15, 0.2) is 54.6 Å². The van der Waals surface area contributed by atoms with Crippen LogP contribution in [0.4, 0.5) is 22.7 Å². The molecule has 2 heterocycles. The van der Waals surface area contributed by atoms with E-state index < -0.39 is 0 Å². The van der Waals surface area contributed by atoms with E-state index in [0.717, 1.165) is 48.6 Å². The van der Waals surface area contributed by atoms with E-state index in [9.17, 15) is 0 Å². The first-order valence-corrected chi connectivity index (χ1v) is 11.1. The minimum Gasteiger partial charge on any atom is -0.496 e. The van der Waals surface area contributed by atoms with Crippen molar-refractivity contribution in [3.05, 3.63) is 77.2 Å². The van der Waals surface area contributed by atoms with Crippen LogP contribution in [0, 0.1) is 5.92 Å². The summed E-state index contributed by atoms with van der Waals surface area (Å²) in [5.74, 6) is 3.01. The van der Waals surface area contributed by atoms with Crippen molar-refractivity contribution in [1.82, 2.24) is 0 Å². The summed E-state index contributed by atoms with van der Waals surface area (Å²) in [5.41, 5.74) is 8.49. The molecule has 3 aromatic carbocycles. The van der Waals surface area contributed by atoms with Crippen molar-refractivity contribution in [3.63, 3.8) is 0 Å². The standard InChI is InChI=1S/C27H29N2O2/c1-5-16-28-18-10-7-11-19-24(18)27(25-20(28)12-8-14-22(25)30-3)26-21(29(19)17-6-2)13-9-15-23(26)31-4/h7-15H,5-6,16-17H2,1-4H3. The third-order valence-electron chi connectivity index (χ3n) is 6.28. The Labute approximate surface area is 185 Å². The van der Waals surface area contributed by atoms with Crippen molar-refractivity contribution in [3.8, 4) is 11.5 Å². The Hall–Kier alpha value is -3.14. The zero-order valence-corrected chi connectivity index (χ0v) is 18.7. The minimum atomic E-state index is 0.898. The van der Waals surface area contributed by atoms with E-state index in [1.54, 1.807) is 14.2 Å². The van der Waals surface area contributed by atoms with Gasteiger partial charge >= 0.3 is 0 Å². The number of rotatable bonds is 6. The van der Waals surface area contributed by atoms with Crippen LogP contribution < -0.4 is 19.3 Å². The summed E-state index contributed by atoms with van der Waals surface area (Å²) >= 11 is 0. The van der Waals surface area contributed by atoms with Crippen molar-refractivity contribution < 1.29 is 9.47 Å². The molecular formula is C27H29N2O2. The second-order valence-corrected chi connectivity index (χ2v) is 8.06. The van der Waals surface area contributed by atoms with Gasteiger partial charge in [-0.1, -0.05) is 32.0 Å². The molecule has 4 nitrogen and oxygen atoms in total. The van der Waals surface area contributed by atoms with E-state index >= 15 is 0 Å². The molecule has 2 aliphatic rings. The minimum absolute atomic E-state index is 0.898. The van der Waals surface area contributed by atoms with Gasteiger partial charge in [-0.3, -0.25) is 0 Å². The molecule has 31 heavy (non-hydrogen) atoms. The highest BCUT2D eigenvalue weighted by atomic mass is 16.5. The third kappa shape index (κ3) is 2.81. The lowest BCUT2D eigenvalue weighted by molar-refractivity contribution is 0.407. The van der Waals surface area contributed by atoms with Crippen LogP contribution in [0.1, 0.15) is 43.4 Å². The van der Waals surface area contributed by atoms with E-state index in [4.69, 9.17) is 9.47 Å². The van der Waals surface area contributed by atoms with Crippen LogP contribution in [0.5, 0.6) is 11.5 Å². The van der Waals surface area contributed by atoms with Gasteiger partial charge in [0.25, 0.3) is 0 Å². The highest BCUT2D eigenvalue weighted by Gasteiger charge is 2.43. The van der Waals surface area contributed by atoms with Crippen LogP contribution in [0.3, 0.4) is 0 Å². The average Bonchev–Trinajstić information content (AvgIpc) is 2.81. The molecule has 0 N–H and O–H groups in total. The van der Waals surface area contributed by atoms with Gasteiger partial charge in [-0.15, -0.1) is 0 Å². The average molecular weight is 414 g/mol. The summed E-state index contributed by atoms with van der Waals surface area (Å²) in [5, 5.41) is 0. The molecule has 0 bridgehead atoms. The number of hydrogen-bond acceptors (Lipinski definition) is 4. The van der Waals surface area contributed by atoms with Gasteiger partial charge in [-0.25, -0.2) is 0 Å². The SMILES string of the molecule is CCCN1c2cccc(OC)c2[C]2c3c(OC)cccc3N(CCC)c3cccc1c32. The fourth-order valence-electron chi connectivity index (χ4n) is 5.13. The Morgan fingerprint density at radius 1 is 0.581 bits per heavy atom. The van der Waals surface area contributed by atoms with Crippen LogP contribution in [-0.2, 0) is 0 Å². The molecule has 159 valence electrons. The summed E-state index contributed by atoms with van der Waals surface area (Å²) < 4.78 is 11.8. The second-order valence-electron chi connectivity index (χ2n) is 8.06. The number of anilines is 4. The third-order valence-corrected chi connectivity index (χ3v) is 6.28. The molecule has 0 spiro atoms. The number of methoxy groups -OCH3 is 2. The number of nitrogens with zero attached hydrogens (tertiary/aromatic N) is 2. The Bertz CT molecular complexity index is 1040. The molecule has 2 aliphatic heterocycles. The number of hydrogen-bond donors (Lipinski definition) is 0. The lowest BCUT2D eigenvalue weighted by atomic mass is 9.75. The Morgan fingerprint density at radius 3 is 1.35 bits per heavy atom. The Morgan fingerprint density at radius 2 is 0.968 bits per heavy atom. The summed E-state index contributed by atoms with van der Waals surface area (Å²) in [6.07, 6.45) is 2.13. The maximum absolute atomic E-state index is 5.91. The zero-order chi connectivity index (χ0) is 21.5. The van der Waals surface area contributed by atoms with Gasteiger partial charge in [0, 0.05) is 52.5 Å². The largest absolute Gasteiger partial charge is 0.496 e. The maximum atomic E-state index is 5.91. The molecule has 5 rings (SSSR count). The molecule has 0 aliphatic carbocycles. The van der Waals surface area contributed by atoms with E-state index in [2.05, 4.69) is 78.2 Å². The van der Waals surface area contributed by atoms with Crippen LogP contribution >= 0.6 is 0 Å². The predicted octanol–water partition coefficient (Wildman–Crippen LogP) is 6.45. The first-order valence-electron chi connectivity index (χ1n) is 11.1. The van der Waals surface area contributed by atoms with Gasteiger partial charge in [0.2, 0.25) is 0 Å². The molecular weight excluding hydrogens is 384 g/mol. The second kappa shape index (κ2) is 7.84. The van der Waals surface area contributed by atoms with Gasteiger partial charge in [0.05, 0.1) is 20.1 Å². The van der Waals surface area contributed by atoms with Gasteiger partial charge in [-0.2, -0.15) is 0 Å². The van der Waals surface area contributed by atoms with Gasteiger partial charge in [0.1, 0.15) is 11.5 Å². The summed E-state index contributed by atoms with van der Waals surface area (Å²) in [6, 6.07) is 19.4. The predicted molar refractivity (Wildman–Crippen MR) is 128 cm³/mol. The molecule has 3 aromatic rings. The number of fused-ring (bicyclic) bond motifs is 4. The molecule has 0 saturated carbocycles. The number of ether oxygens (including phenoxy) is 2. The fraction of sp³-hybridized carbons (Fsp3) is 0.296. The maximum Gasteiger partial charge on any atom is 0.125 e. The molecule has 0 atom stereocenters. The Kier molecular flexibility index (Phi) is 5.01. The van der Waals surface area contributed by atoms with Crippen molar-refractivity contribution in [2.75, 3.05) is 37.1 Å². The Balaban J connectivity index is 1.90. The fourth-order valence-corrected chi connectivity index (χ4v) is 5.13. The van der Waals surface area contributed by atoms with Crippen molar-refractivity contribution in [2.45, 2.75) is 26.7 Å². The summed E-state index contributed by atoms with van der Waals surface area (Å²) in [6.45, 7) is 6.37. The van der Waals surface area contributed by atoms with E-state index in [1.165, 1.54) is 34.2 Å². The van der Waals surface area contributed by atoms with Crippen molar-refractivity contribution in [1.29, 1.82) is 0 Å². The quantitative estimate of drug-likeness (QED) is 0.464. The van der Waals surface area contributed by atoms with Crippen LogP contribution in [-0.4, -0.2) is 27.3 Å². The topological polar surface area (TPSA) is 24.9 Å². The highest BCUT2D eigenvalue weighted by Crippen LogP contribution is 2.60. The molecule has 0 saturated heterocycles. The van der Waals surface area contributed by atoms with E-state index in [1.807, 2.05) is 0 Å². The van der Waals surface area contributed by atoms with Gasteiger partial charge in [0.15, 0.2) is 0 Å². The lowest BCUT2D eigenvalue weighted by Gasteiger charge is -2.45. The normalized spacial score (nSPS) is 14.1. The first kappa shape index (κ1) is 19.8. The van der Waals surface area contributed by atoms with Crippen LogP contribution in [0.2, 0.25) is 0 Å². The van der Waals surface area contributed by atoms with Crippen LogP contribution in [0.25, 0.3) is 0 Å².